The molecule has 2 heterocycles. The topological polar surface area (TPSA) is 100 Å². The summed E-state index contributed by atoms with van der Waals surface area (Å²) < 4.78 is 1.18. The largest absolute Gasteiger partial charge is 0.345 e. The predicted molar refractivity (Wildman–Crippen MR) is 123 cm³/mol. The third kappa shape index (κ3) is 4.55. The average molecular weight is 475 g/mol. The molecule has 0 saturated carbocycles. The van der Waals surface area contributed by atoms with Gasteiger partial charge in [0.1, 0.15) is 5.69 Å². The van der Waals surface area contributed by atoms with Gasteiger partial charge in [-0.2, -0.15) is 4.68 Å². The highest BCUT2D eigenvalue weighted by molar-refractivity contribution is 7.98. The Morgan fingerprint density at radius 3 is 2.32 bits per heavy atom. The first kappa shape index (κ1) is 21.3. The van der Waals surface area contributed by atoms with Crippen LogP contribution in [0, 0.1) is 6.92 Å². The second-order valence-corrected chi connectivity index (χ2v) is 8.02. The molecule has 0 radical (unpaired) electrons. The van der Waals surface area contributed by atoms with Crippen molar-refractivity contribution in [1.29, 1.82) is 0 Å². The van der Waals surface area contributed by atoms with E-state index >= 15 is 0 Å². The van der Waals surface area contributed by atoms with Crippen molar-refractivity contribution in [2.45, 2.75) is 18.4 Å². The number of halogens is 2. The maximum absolute atomic E-state index is 12.6. The Kier molecular flexibility index (Phi) is 6.21. The quantitative estimate of drug-likeness (QED) is 0.547. The van der Waals surface area contributed by atoms with Crippen molar-refractivity contribution >= 4 is 52.3 Å². The summed E-state index contributed by atoms with van der Waals surface area (Å²) in [7, 11) is 0. The van der Waals surface area contributed by atoms with E-state index in [2.05, 4.69) is 30.8 Å². The van der Waals surface area contributed by atoms with E-state index in [0.29, 0.717) is 15.2 Å². The van der Waals surface area contributed by atoms with Crippen molar-refractivity contribution in [2.24, 2.45) is 15.3 Å². The standard InChI is InChI=1S/C19H16Cl2N8OS/c1-11-16(30)29(19(31-2)26-23-11)27-18-25-24-17(22-14-7-3-12(20)4-8-14)28(18)15-9-5-13(21)6-10-15/h3-10,17,22H,1-2H3/b27-18+. The van der Waals surface area contributed by atoms with Crippen LogP contribution in [0.4, 0.5) is 11.4 Å². The van der Waals surface area contributed by atoms with Gasteiger partial charge in [-0.05, 0) is 61.7 Å². The molecule has 0 aliphatic carbocycles. The van der Waals surface area contributed by atoms with E-state index < -0.39 is 6.29 Å². The second-order valence-electron chi connectivity index (χ2n) is 6.38. The van der Waals surface area contributed by atoms with Crippen molar-refractivity contribution in [2.75, 3.05) is 16.5 Å². The summed E-state index contributed by atoms with van der Waals surface area (Å²) in [5.74, 6) is 0.207. The molecule has 0 fully saturated rings. The summed E-state index contributed by atoms with van der Waals surface area (Å²) in [4.78, 5) is 14.4. The van der Waals surface area contributed by atoms with E-state index in [1.807, 2.05) is 24.3 Å². The molecule has 1 N–H and O–H groups in total. The Morgan fingerprint density at radius 1 is 1.03 bits per heavy atom. The molecule has 31 heavy (non-hydrogen) atoms. The number of anilines is 2. The molecule has 0 bridgehead atoms. The zero-order valence-corrected chi connectivity index (χ0v) is 18.7. The summed E-state index contributed by atoms with van der Waals surface area (Å²) in [6.45, 7) is 1.58. The number of aromatic nitrogens is 3. The van der Waals surface area contributed by atoms with Crippen LogP contribution < -0.4 is 15.8 Å². The molecule has 3 aromatic rings. The molecule has 9 nitrogen and oxygen atoms in total. The maximum Gasteiger partial charge on any atom is 0.296 e. The molecule has 1 unspecified atom stereocenters. The van der Waals surface area contributed by atoms with Crippen LogP contribution in [0.3, 0.4) is 0 Å². The number of benzene rings is 2. The van der Waals surface area contributed by atoms with Crippen molar-refractivity contribution in [3.63, 3.8) is 0 Å². The minimum absolute atomic E-state index is 0.207. The molecule has 0 amide bonds. The van der Waals surface area contributed by atoms with Crippen molar-refractivity contribution in [3.05, 3.63) is 74.6 Å². The zero-order chi connectivity index (χ0) is 22.0. The van der Waals surface area contributed by atoms with E-state index in [0.717, 1.165) is 11.4 Å². The first-order valence-corrected chi connectivity index (χ1v) is 11.0. The fourth-order valence-corrected chi connectivity index (χ4v) is 3.45. The number of azo groups is 1. The van der Waals surface area contributed by atoms with Crippen LogP contribution >= 0.6 is 35.0 Å². The minimum Gasteiger partial charge on any atom is -0.345 e. The van der Waals surface area contributed by atoms with Crippen LogP contribution in [0.25, 0.3) is 0 Å². The SMILES string of the molecule is CSc1nnc(C)c(=O)n1/N=C1\N=NC(Nc2ccc(Cl)cc2)N1c1ccc(Cl)cc1. The number of guanidine groups is 1. The number of thioether (sulfide) groups is 1. The maximum atomic E-state index is 12.6. The third-order valence-electron chi connectivity index (χ3n) is 4.30. The molecule has 1 atom stereocenters. The van der Waals surface area contributed by atoms with Crippen LogP contribution in [-0.4, -0.2) is 33.4 Å². The summed E-state index contributed by atoms with van der Waals surface area (Å²) >= 11 is 13.3. The molecular weight excluding hydrogens is 459 g/mol. The van der Waals surface area contributed by atoms with Gasteiger partial charge in [0.05, 0.1) is 0 Å². The fourth-order valence-electron chi connectivity index (χ4n) is 2.78. The van der Waals surface area contributed by atoms with Crippen molar-refractivity contribution < 1.29 is 0 Å². The van der Waals surface area contributed by atoms with Gasteiger partial charge in [-0.3, -0.25) is 9.69 Å². The Labute approximate surface area is 191 Å². The first-order valence-electron chi connectivity index (χ1n) is 9.03. The molecule has 158 valence electrons. The number of nitrogens with zero attached hydrogens (tertiary/aromatic N) is 7. The third-order valence-corrected chi connectivity index (χ3v) is 5.43. The van der Waals surface area contributed by atoms with Gasteiger partial charge in [-0.1, -0.05) is 35.0 Å². The summed E-state index contributed by atoms with van der Waals surface area (Å²) in [6.07, 6.45) is 1.18. The lowest BCUT2D eigenvalue weighted by Crippen LogP contribution is -2.40. The van der Waals surface area contributed by atoms with Crippen molar-refractivity contribution in [1.82, 2.24) is 14.9 Å². The Bertz CT molecular complexity index is 1210. The van der Waals surface area contributed by atoms with E-state index in [4.69, 9.17) is 23.2 Å². The lowest BCUT2D eigenvalue weighted by molar-refractivity contribution is 0.630. The normalized spacial score (nSPS) is 16.8. The van der Waals surface area contributed by atoms with Crippen LogP contribution in [0.1, 0.15) is 5.69 Å². The number of nitrogens with one attached hydrogen (secondary N) is 1. The highest BCUT2D eigenvalue weighted by Gasteiger charge is 2.30. The van der Waals surface area contributed by atoms with E-state index in [9.17, 15) is 4.79 Å². The summed E-state index contributed by atoms with van der Waals surface area (Å²) in [6, 6.07) is 14.4. The van der Waals surface area contributed by atoms with Gasteiger partial charge in [0, 0.05) is 21.4 Å². The first-order chi connectivity index (χ1) is 15.0. The highest BCUT2D eigenvalue weighted by atomic mass is 35.5. The zero-order valence-electron chi connectivity index (χ0n) is 16.4. The van der Waals surface area contributed by atoms with Gasteiger partial charge in [-0.15, -0.1) is 25.5 Å². The molecule has 2 aromatic carbocycles. The molecule has 1 aliphatic rings. The summed E-state index contributed by atoms with van der Waals surface area (Å²) in [5, 5.41) is 25.7. The van der Waals surface area contributed by atoms with E-state index in [1.165, 1.54) is 16.4 Å². The van der Waals surface area contributed by atoms with Gasteiger partial charge in [-0.25, -0.2) is 0 Å². The van der Waals surface area contributed by atoms with E-state index in [-0.39, 0.29) is 17.2 Å². The Balaban J connectivity index is 1.77. The van der Waals surface area contributed by atoms with E-state index in [1.54, 1.807) is 42.3 Å². The van der Waals surface area contributed by atoms with Gasteiger partial charge in [0.25, 0.3) is 11.5 Å². The molecule has 1 aromatic heterocycles. The van der Waals surface area contributed by atoms with Crippen LogP contribution in [0.15, 0.2) is 73.8 Å². The molecular formula is C19H16Cl2N8OS. The highest BCUT2D eigenvalue weighted by Crippen LogP contribution is 2.27. The van der Waals surface area contributed by atoms with Crippen LogP contribution in [0.2, 0.25) is 10.0 Å². The molecule has 1 aliphatic heterocycles. The van der Waals surface area contributed by atoms with Crippen molar-refractivity contribution in [3.8, 4) is 0 Å². The fraction of sp³-hybridized carbons (Fsp3) is 0.158. The molecule has 12 heteroatoms. The van der Waals surface area contributed by atoms with Gasteiger partial charge >= 0.3 is 0 Å². The summed E-state index contributed by atoms with van der Waals surface area (Å²) in [5.41, 5.74) is 1.37. The predicted octanol–water partition coefficient (Wildman–Crippen LogP) is 4.46. The number of aryl methyl sites for hydroxylation is 1. The van der Waals surface area contributed by atoms with Gasteiger partial charge in [0.2, 0.25) is 11.4 Å². The lowest BCUT2D eigenvalue weighted by atomic mass is 10.3. The molecule has 0 saturated heterocycles. The number of hydrogen-bond donors (Lipinski definition) is 1. The van der Waals surface area contributed by atoms with Crippen LogP contribution in [0.5, 0.6) is 0 Å². The lowest BCUT2D eigenvalue weighted by Gasteiger charge is -2.25. The van der Waals surface area contributed by atoms with Gasteiger partial charge < -0.3 is 5.32 Å². The average Bonchev–Trinajstić information content (AvgIpc) is 3.16. The molecule has 0 spiro atoms. The number of rotatable bonds is 5. The molecule has 4 rings (SSSR count). The monoisotopic (exact) mass is 474 g/mol. The Morgan fingerprint density at radius 2 is 1.68 bits per heavy atom. The smallest absolute Gasteiger partial charge is 0.296 e. The van der Waals surface area contributed by atoms with Crippen LogP contribution in [-0.2, 0) is 0 Å². The number of hydrogen-bond acceptors (Lipinski definition) is 7. The minimum atomic E-state index is -0.606. The second kappa shape index (κ2) is 9.04. The van der Waals surface area contributed by atoms with Gasteiger partial charge in [0.15, 0.2) is 0 Å². The Hall–Kier alpha value is -2.95.